The van der Waals surface area contributed by atoms with Gasteiger partial charge >= 0.3 is 13.5 Å². The van der Waals surface area contributed by atoms with Gasteiger partial charge in [0.15, 0.2) is 0 Å². The summed E-state index contributed by atoms with van der Waals surface area (Å²) in [6.07, 6.45) is 0. The Morgan fingerprint density at radius 3 is 2.45 bits per heavy atom. The van der Waals surface area contributed by atoms with Gasteiger partial charge < -0.3 is 19.5 Å². The average molecular weight is 480 g/mol. The summed E-state index contributed by atoms with van der Waals surface area (Å²) < 4.78 is 24.8. The van der Waals surface area contributed by atoms with Crippen LogP contribution in [0.2, 0.25) is 5.02 Å². The fraction of sp³-hybridized carbons (Fsp3) is 0.227. The second kappa shape index (κ2) is 9.98. The molecule has 6 nitrogen and oxygen atoms in total. The van der Waals surface area contributed by atoms with E-state index in [1.807, 2.05) is 38.1 Å². The largest absolute Gasteiger partial charge is 0.477 e. The van der Waals surface area contributed by atoms with E-state index in [-0.39, 0.29) is 23.8 Å². The number of halogens is 1. The first kappa shape index (κ1) is 23.5. The first-order chi connectivity index (χ1) is 14.7. The Kier molecular flexibility index (Phi) is 7.57. The number of carboxylic acids is 1. The lowest BCUT2D eigenvalue weighted by molar-refractivity contribution is 0.0703. The molecule has 0 saturated carbocycles. The van der Waals surface area contributed by atoms with E-state index >= 15 is 0 Å². The molecule has 0 aliphatic rings. The maximum absolute atomic E-state index is 14.0. The lowest BCUT2D eigenvalue weighted by Crippen LogP contribution is -2.19. The molecular formula is C22H23ClNO5PS. The molecule has 0 radical (unpaired) electrons. The number of hydrogen-bond donors (Lipinski definition) is 2. The topological polar surface area (TPSA) is 84.9 Å². The lowest BCUT2D eigenvalue weighted by atomic mass is 10.2. The molecule has 3 aromatic rings. The van der Waals surface area contributed by atoms with Gasteiger partial charge in [0.05, 0.1) is 24.2 Å². The molecule has 2 aromatic carbocycles. The Morgan fingerprint density at radius 2 is 1.84 bits per heavy atom. The van der Waals surface area contributed by atoms with E-state index in [0.29, 0.717) is 15.2 Å². The molecule has 31 heavy (non-hydrogen) atoms. The second-order valence-electron chi connectivity index (χ2n) is 6.94. The van der Waals surface area contributed by atoms with E-state index < -0.39 is 13.5 Å². The molecule has 0 aliphatic carbocycles. The van der Waals surface area contributed by atoms with E-state index in [0.717, 1.165) is 28.0 Å². The van der Waals surface area contributed by atoms with Crippen LogP contribution in [0.4, 0.5) is 5.69 Å². The molecule has 3 rings (SSSR count). The van der Waals surface area contributed by atoms with Gasteiger partial charge in [-0.2, -0.15) is 0 Å². The third kappa shape index (κ3) is 5.56. The quantitative estimate of drug-likeness (QED) is 0.290. The van der Waals surface area contributed by atoms with Crippen LogP contribution in [0.15, 0.2) is 48.5 Å². The molecule has 2 N–H and O–H groups in total. The summed E-state index contributed by atoms with van der Waals surface area (Å²) in [5.41, 5.74) is 2.87. The van der Waals surface area contributed by atoms with Crippen molar-refractivity contribution in [3.05, 3.63) is 69.6 Å². The van der Waals surface area contributed by atoms with Crippen LogP contribution in [-0.2, 0) is 13.8 Å². The third-order valence-electron chi connectivity index (χ3n) is 4.55. The van der Waals surface area contributed by atoms with Crippen molar-refractivity contribution < 1.29 is 23.7 Å². The zero-order valence-electron chi connectivity index (χ0n) is 17.3. The summed E-state index contributed by atoms with van der Waals surface area (Å²) in [6, 6.07) is 14.3. The van der Waals surface area contributed by atoms with Crippen LogP contribution in [0.3, 0.4) is 0 Å². The number of rotatable bonds is 9. The van der Waals surface area contributed by atoms with Gasteiger partial charge in [-0.25, -0.2) is 4.79 Å². The Morgan fingerprint density at radius 1 is 1.13 bits per heavy atom. The Labute approximate surface area is 190 Å². The fourth-order valence-electron chi connectivity index (χ4n) is 3.09. The molecule has 164 valence electrons. The molecular weight excluding hydrogens is 457 g/mol. The van der Waals surface area contributed by atoms with Crippen molar-refractivity contribution in [2.24, 2.45) is 0 Å². The van der Waals surface area contributed by atoms with E-state index in [1.165, 1.54) is 7.11 Å². The first-order valence-corrected chi connectivity index (χ1v) is 12.3. The lowest BCUT2D eigenvalue weighted by Gasteiger charge is -2.22. The predicted molar refractivity (Wildman–Crippen MR) is 126 cm³/mol. The molecule has 0 fully saturated rings. The average Bonchev–Trinajstić information content (AvgIpc) is 3.12. The standard InChI is InChI=1S/C22H23ClNO5PS/c1-14-4-9-19(15(2)12-14)30(27,29-11-10-28-3)24-18-13-20(31-21(18)22(25)26)16-5-7-17(23)8-6-16/h4-9,12-13H,10-11H2,1-3H3,(H,24,27)(H,25,26). The molecule has 1 aromatic heterocycles. The van der Waals surface area contributed by atoms with Crippen LogP contribution < -0.4 is 10.4 Å². The van der Waals surface area contributed by atoms with Gasteiger partial charge in [0, 0.05) is 17.0 Å². The number of aryl methyl sites for hydroxylation is 2. The van der Waals surface area contributed by atoms with Gasteiger partial charge in [0.25, 0.3) is 0 Å². The zero-order valence-corrected chi connectivity index (χ0v) is 19.8. The minimum absolute atomic E-state index is 0.0466. The highest BCUT2D eigenvalue weighted by Gasteiger charge is 2.31. The van der Waals surface area contributed by atoms with Crippen LogP contribution in [0.5, 0.6) is 0 Å². The highest BCUT2D eigenvalue weighted by atomic mass is 35.5. The summed E-state index contributed by atoms with van der Waals surface area (Å²) >= 11 is 7.05. The van der Waals surface area contributed by atoms with Gasteiger partial charge in [-0.15, -0.1) is 11.3 Å². The van der Waals surface area contributed by atoms with Crippen molar-refractivity contribution in [1.29, 1.82) is 0 Å². The van der Waals surface area contributed by atoms with Gasteiger partial charge in [-0.3, -0.25) is 4.57 Å². The van der Waals surface area contributed by atoms with Crippen LogP contribution in [0.1, 0.15) is 20.8 Å². The number of nitrogens with one attached hydrogen (secondary N) is 1. The van der Waals surface area contributed by atoms with Crippen molar-refractivity contribution in [3.8, 4) is 10.4 Å². The molecule has 0 spiro atoms. The van der Waals surface area contributed by atoms with Gasteiger partial charge in [0.1, 0.15) is 4.88 Å². The third-order valence-corrected chi connectivity index (χ3v) is 8.19. The number of aromatic carboxylic acids is 1. The number of methoxy groups -OCH3 is 1. The van der Waals surface area contributed by atoms with E-state index in [1.54, 1.807) is 24.3 Å². The van der Waals surface area contributed by atoms with Gasteiger partial charge in [-0.1, -0.05) is 41.4 Å². The minimum atomic E-state index is -3.64. The Balaban J connectivity index is 2.04. The molecule has 0 saturated heterocycles. The summed E-state index contributed by atoms with van der Waals surface area (Å²) in [4.78, 5) is 12.7. The SMILES string of the molecule is COCCOP(=O)(Nc1cc(-c2ccc(Cl)cc2)sc1C(=O)O)c1ccc(C)cc1C. The van der Waals surface area contributed by atoms with Crippen molar-refractivity contribution in [3.63, 3.8) is 0 Å². The minimum Gasteiger partial charge on any atom is -0.477 e. The van der Waals surface area contributed by atoms with E-state index in [2.05, 4.69) is 5.09 Å². The molecule has 9 heteroatoms. The summed E-state index contributed by atoms with van der Waals surface area (Å²) in [5, 5.41) is 13.7. The molecule has 0 bridgehead atoms. The number of carboxylic acid groups (broad SMARTS) is 1. The zero-order chi connectivity index (χ0) is 22.6. The van der Waals surface area contributed by atoms with Crippen molar-refractivity contribution in [1.82, 2.24) is 0 Å². The molecule has 1 unspecified atom stereocenters. The fourth-order valence-corrected chi connectivity index (χ4v) is 6.20. The number of anilines is 1. The molecule has 0 amide bonds. The van der Waals surface area contributed by atoms with Crippen molar-refractivity contribution in [2.75, 3.05) is 25.4 Å². The number of hydrogen-bond acceptors (Lipinski definition) is 5. The number of ether oxygens (including phenoxy) is 1. The monoisotopic (exact) mass is 479 g/mol. The van der Waals surface area contributed by atoms with Crippen molar-refractivity contribution >= 4 is 47.4 Å². The highest BCUT2D eigenvalue weighted by molar-refractivity contribution is 7.68. The Bertz CT molecular complexity index is 1130. The van der Waals surface area contributed by atoms with Crippen LogP contribution >= 0.6 is 30.5 Å². The number of thiophene rings is 1. The van der Waals surface area contributed by atoms with Crippen molar-refractivity contribution in [2.45, 2.75) is 13.8 Å². The van der Waals surface area contributed by atoms with E-state index in [9.17, 15) is 14.5 Å². The summed E-state index contributed by atoms with van der Waals surface area (Å²) in [6.45, 7) is 4.13. The van der Waals surface area contributed by atoms with Gasteiger partial charge in [-0.05, 0) is 49.2 Å². The number of benzene rings is 2. The highest BCUT2D eigenvalue weighted by Crippen LogP contribution is 2.49. The van der Waals surface area contributed by atoms with Crippen LogP contribution in [0.25, 0.3) is 10.4 Å². The van der Waals surface area contributed by atoms with Crippen LogP contribution in [0, 0.1) is 13.8 Å². The van der Waals surface area contributed by atoms with E-state index in [4.69, 9.17) is 20.9 Å². The molecule has 1 heterocycles. The molecule has 1 atom stereocenters. The summed E-state index contributed by atoms with van der Waals surface area (Å²) in [7, 11) is -2.11. The summed E-state index contributed by atoms with van der Waals surface area (Å²) in [5.74, 6) is -1.11. The second-order valence-corrected chi connectivity index (χ2v) is 10.5. The maximum atomic E-state index is 14.0. The van der Waals surface area contributed by atoms with Crippen LogP contribution in [-0.4, -0.2) is 31.4 Å². The Hall–Kier alpha value is -2.15. The maximum Gasteiger partial charge on any atom is 0.348 e. The normalized spacial score (nSPS) is 13.0. The van der Waals surface area contributed by atoms with Gasteiger partial charge in [0.2, 0.25) is 0 Å². The predicted octanol–water partition coefficient (Wildman–Crippen LogP) is 5.98. The number of carbonyl (C=O) groups is 1. The molecule has 0 aliphatic heterocycles. The first-order valence-electron chi connectivity index (χ1n) is 9.46. The smallest absolute Gasteiger partial charge is 0.348 e.